The van der Waals surface area contributed by atoms with Crippen molar-refractivity contribution in [2.45, 2.75) is 57.5 Å². The first-order valence-corrected chi connectivity index (χ1v) is 12.1. The molecule has 1 saturated heterocycles. The van der Waals surface area contributed by atoms with Gasteiger partial charge >= 0.3 is 0 Å². The molecule has 0 N–H and O–H groups in total. The van der Waals surface area contributed by atoms with E-state index in [1.165, 1.54) is 17.8 Å². The van der Waals surface area contributed by atoms with Gasteiger partial charge in [-0.3, -0.25) is 14.2 Å². The highest BCUT2D eigenvalue weighted by Crippen LogP contribution is 2.20. The monoisotopic (exact) mass is 445 g/mol. The first-order valence-electron chi connectivity index (χ1n) is 11.1. The van der Waals surface area contributed by atoms with Crippen LogP contribution in [0.1, 0.15) is 55.8 Å². The molecular weight excluding hydrogens is 413 g/mol. The molecule has 2 aromatic rings. The lowest BCUT2D eigenvalue weighted by Gasteiger charge is -2.30. The predicted octanol–water partition coefficient (Wildman–Crippen LogP) is 4.34. The third kappa shape index (κ3) is 6.19. The molecule has 5 nitrogen and oxygen atoms in total. The molecule has 168 valence electrons. The number of carbonyl (C=O) groups excluding carboxylic acids is 1. The topological polar surface area (TPSA) is 55.2 Å². The molecular formula is C24H32FN3O2S. The van der Waals surface area contributed by atoms with Gasteiger partial charge in [0.05, 0.1) is 0 Å². The number of aryl methyl sites for hydroxylation is 1. The van der Waals surface area contributed by atoms with E-state index in [1.807, 2.05) is 4.90 Å². The quantitative estimate of drug-likeness (QED) is 0.345. The minimum absolute atomic E-state index is 0.132. The Balaban J connectivity index is 1.51. The van der Waals surface area contributed by atoms with Gasteiger partial charge < -0.3 is 4.90 Å². The molecule has 1 aromatic heterocycles. The molecule has 7 heteroatoms. The van der Waals surface area contributed by atoms with Crippen LogP contribution in [0.5, 0.6) is 0 Å². The molecule has 1 fully saturated rings. The molecule has 0 atom stereocenters. The van der Waals surface area contributed by atoms with Crippen LogP contribution in [0.25, 0.3) is 0 Å². The summed E-state index contributed by atoms with van der Waals surface area (Å²) >= 11 is 1.53. The van der Waals surface area contributed by atoms with Crippen molar-refractivity contribution in [1.29, 1.82) is 0 Å². The molecule has 1 aromatic carbocycles. The zero-order valence-corrected chi connectivity index (χ0v) is 19.5. The van der Waals surface area contributed by atoms with Crippen molar-refractivity contribution in [3.63, 3.8) is 0 Å². The largest absolute Gasteiger partial charge is 0.343 e. The maximum Gasteiger partial charge on any atom is 0.257 e. The number of thioether (sulfide) groups is 1. The standard InChI is InChI=1S/C24H32FN3O2S/c1-17-11-13-28(14-12-17)22(29)10-6-7-15-31-24-26-18(2)20(23(30)27(24)3)16-19-8-4-5-9-21(19)25/h4-5,8-9,17H,6-7,10-16H2,1-3H3. The molecule has 0 radical (unpaired) electrons. The van der Waals surface area contributed by atoms with Crippen LogP contribution in [0.2, 0.25) is 0 Å². The van der Waals surface area contributed by atoms with Crippen molar-refractivity contribution in [3.8, 4) is 0 Å². The van der Waals surface area contributed by atoms with Crippen LogP contribution in [0.15, 0.2) is 34.2 Å². The number of amides is 1. The van der Waals surface area contributed by atoms with E-state index in [0.29, 0.717) is 28.4 Å². The Bertz CT molecular complexity index is 968. The van der Waals surface area contributed by atoms with Crippen molar-refractivity contribution in [1.82, 2.24) is 14.5 Å². The van der Waals surface area contributed by atoms with Crippen LogP contribution in [-0.4, -0.2) is 39.2 Å². The Kier molecular flexibility index (Phi) is 8.29. The summed E-state index contributed by atoms with van der Waals surface area (Å²) in [5, 5.41) is 0.663. The summed E-state index contributed by atoms with van der Waals surface area (Å²) in [6.45, 7) is 5.83. The smallest absolute Gasteiger partial charge is 0.257 e. The predicted molar refractivity (Wildman–Crippen MR) is 123 cm³/mol. The number of rotatable bonds is 8. The molecule has 0 saturated carbocycles. The number of benzene rings is 1. The lowest BCUT2D eigenvalue weighted by atomic mass is 9.99. The number of likely N-dealkylation sites (tertiary alicyclic amines) is 1. The second kappa shape index (κ2) is 10.9. The van der Waals surface area contributed by atoms with Crippen LogP contribution >= 0.6 is 11.8 Å². The highest BCUT2D eigenvalue weighted by molar-refractivity contribution is 7.99. The third-order valence-electron chi connectivity index (χ3n) is 6.03. The van der Waals surface area contributed by atoms with Gasteiger partial charge in [-0.15, -0.1) is 0 Å². The SMILES string of the molecule is Cc1nc(SCCCCC(=O)N2CCC(C)CC2)n(C)c(=O)c1Cc1ccccc1F. The van der Waals surface area contributed by atoms with Gasteiger partial charge in [-0.25, -0.2) is 9.37 Å². The van der Waals surface area contributed by atoms with Gasteiger partial charge in [0, 0.05) is 50.0 Å². The van der Waals surface area contributed by atoms with Crippen LogP contribution < -0.4 is 5.56 Å². The summed E-state index contributed by atoms with van der Waals surface area (Å²) in [6.07, 6.45) is 4.77. The van der Waals surface area contributed by atoms with Crippen molar-refractivity contribution >= 4 is 17.7 Å². The second-order valence-electron chi connectivity index (χ2n) is 8.46. The average Bonchev–Trinajstić information content (AvgIpc) is 2.76. The van der Waals surface area contributed by atoms with Crippen LogP contribution in [0, 0.1) is 18.7 Å². The number of aromatic nitrogens is 2. The van der Waals surface area contributed by atoms with Gasteiger partial charge in [0.1, 0.15) is 5.82 Å². The van der Waals surface area contributed by atoms with Crippen molar-refractivity contribution in [3.05, 3.63) is 57.3 Å². The Morgan fingerprint density at radius 1 is 1.23 bits per heavy atom. The molecule has 0 spiro atoms. The molecule has 0 bridgehead atoms. The molecule has 31 heavy (non-hydrogen) atoms. The van der Waals surface area contributed by atoms with E-state index in [9.17, 15) is 14.0 Å². The van der Waals surface area contributed by atoms with E-state index in [-0.39, 0.29) is 23.7 Å². The fraction of sp³-hybridized carbons (Fsp3) is 0.542. The summed E-state index contributed by atoms with van der Waals surface area (Å²) in [5.74, 6) is 1.48. The number of halogens is 1. The van der Waals surface area contributed by atoms with Gasteiger partial charge in [0.2, 0.25) is 5.91 Å². The highest BCUT2D eigenvalue weighted by atomic mass is 32.2. The third-order valence-corrected chi connectivity index (χ3v) is 7.14. The zero-order chi connectivity index (χ0) is 22.4. The maximum absolute atomic E-state index is 14.0. The summed E-state index contributed by atoms with van der Waals surface area (Å²) in [7, 11) is 1.71. The summed E-state index contributed by atoms with van der Waals surface area (Å²) in [4.78, 5) is 31.8. The number of unbranched alkanes of at least 4 members (excludes halogenated alkanes) is 1. The van der Waals surface area contributed by atoms with E-state index in [4.69, 9.17) is 0 Å². The highest BCUT2D eigenvalue weighted by Gasteiger charge is 2.19. The summed E-state index contributed by atoms with van der Waals surface area (Å²) < 4.78 is 15.5. The molecule has 3 rings (SSSR count). The summed E-state index contributed by atoms with van der Waals surface area (Å²) in [5.41, 5.74) is 1.53. The fourth-order valence-electron chi connectivity index (χ4n) is 3.85. The number of carbonyl (C=O) groups is 1. The van der Waals surface area contributed by atoms with E-state index >= 15 is 0 Å². The number of hydrogen-bond acceptors (Lipinski definition) is 4. The Morgan fingerprint density at radius 3 is 2.65 bits per heavy atom. The number of piperidine rings is 1. The first kappa shape index (κ1) is 23.5. The van der Waals surface area contributed by atoms with Crippen molar-refractivity contribution in [2.75, 3.05) is 18.8 Å². The average molecular weight is 446 g/mol. The molecule has 1 aliphatic heterocycles. The van der Waals surface area contributed by atoms with Crippen LogP contribution in [-0.2, 0) is 18.3 Å². The zero-order valence-electron chi connectivity index (χ0n) is 18.7. The molecule has 1 aliphatic rings. The molecule has 0 unspecified atom stereocenters. The maximum atomic E-state index is 14.0. The van der Waals surface area contributed by atoms with Gasteiger partial charge in [-0.2, -0.15) is 0 Å². The minimum atomic E-state index is -0.309. The molecule has 1 amide bonds. The van der Waals surface area contributed by atoms with Crippen LogP contribution in [0.3, 0.4) is 0 Å². The van der Waals surface area contributed by atoms with Gasteiger partial charge in [-0.05, 0) is 50.2 Å². The Hall–Kier alpha value is -2.15. The molecule has 0 aliphatic carbocycles. The number of nitrogens with zero attached hydrogens (tertiary/aromatic N) is 3. The fourth-order valence-corrected chi connectivity index (χ4v) is 4.86. The molecule has 2 heterocycles. The first-order chi connectivity index (χ1) is 14.9. The van der Waals surface area contributed by atoms with E-state index in [1.54, 1.807) is 36.7 Å². The van der Waals surface area contributed by atoms with E-state index in [0.717, 1.165) is 50.4 Å². The van der Waals surface area contributed by atoms with Gasteiger partial charge in [0.25, 0.3) is 5.56 Å². The van der Waals surface area contributed by atoms with Gasteiger partial charge in [0.15, 0.2) is 5.16 Å². The second-order valence-corrected chi connectivity index (χ2v) is 9.52. The van der Waals surface area contributed by atoms with Crippen molar-refractivity contribution < 1.29 is 9.18 Å². The normalized spacial score (nSPS) is 14.8. The van der Waals surface area contributed by atoms with Crippen LogP contribution in [0.4, 0.5) is 4.39 Å². The lowest BCUT2D eigenvalue weighted by molar-refractivity contribution is -0.132. The van der Waals surface area contributed by atoms with Gasteiger partial charge in [-0.1, -0.05) is 36.9 Å². The summed E-state index contributed by atoms with van der Waals surface area (Å²) in [6, 6.07) is 6.51. The lowest BCUT2D eigenvalue weighted by Crippen LogP contribution is -2.37. The Morgan fingerprint density at radius 2 is 1.94 bits per heavy atom. The minimum Gasteiger partial charge on any atom is -0.343 e. The van der Waals surface area contributed by atoms with Crippen molar-refractivity contribution in [2.24, 2.45) is 13.0 Å². The van der Waals surface area contributed by atoms with E-state index in [2.05, 4.69) is 11.9 Å². The van der Waals surface area contributed by atoms with E-state index < -0.39 is 0 Å². The number of hydrogen-bond donors (Lipinski definition) is 0. The Labute approximate surface area is 188 Å².